The maximum absolute atomic E-state index is 12.6. The molecular weight excluding hydrogens is 352 g/mol. The molecule has 2 amide bonds. The van der Waals surface area contributed by atoms with Crippen LogP contribution in [0.15, 0.2) is 48.5 Å². The molecule has 1 saturated heterocycles. The van der Waals surface area contributed by atoms with E-state index in [4.69, 9.17) is 4.74 Å². The predicted molar refractivity (Wildman–Crippen MR) is 110 cm³/mol. The van der Waals surface area contributed by atoms with E-state index in [0.717, 1.165) is 35.3 Å². The van der Waals surface area contributed by atoms with Gasteiger partial charge in [0.05, 0.1) is 13.0 Å². The van der Waals surface area contributed by atoms with Gasteiger partial charge in [-0.2, -0.15) is 0 Å². The quantitative estimate of drug-likeness (QED) is 0.836. The van der Waals surface area contributed by atoms with Crippen LogP contribution in [0.25, 0.3) is 0 Å². The van der Waals surface area contributed by atoms with E-state index in [0.29, 0.717) is 26.1 Å². The molecule has 1 fully saturated rings. The van der Waals surface area contributed by atoms with E-state index in [1.807, 2.05) is 67.3 Å². The third kappa shape index (κ3) is 5.35. The standard InChI is InChI=1S/C23H28N2O3/c1-3-28-21-10-6-18(7-11-21)16-22(26)24-20-12-14-25(15-13-20)23(27)19-8-4-17(2)5-9-19/h4-11,20H,3,12-16H2,1-2H3,(H,24,26). The summed E-state index contributed by atoms with van der Waals surface area (Å²) in [5, 5.41) is 3.11. The third-order valence-corrected chi connectivity index (χ3v) is 5.04. The average molecular weight is 380 g/mol. The molecule has 0 radical (unpaired) electrons. The van der Waals surface area contributed by atoms with Crippen LogP contribution in [0.4, 0.5) is 0 Å². The Bertz CT molecular complexity index is 792. The van der Waals surface area contributed by atoms with Crippen LogP contribution >= 0.6 is 0 Å². The van der Waals surface area contributed by atoms with Gasteiger partial charge in [-0.1, -0.05) is 29.8 Å². The van der Waals surface area contributed by atoms with E-state index in [1.54, 1.807) is 0 Å². The molecule has 5 nitrogen and oxygen atoms in total. The molecule has 28 heavy (non-hydrogen) atoms. The number of piperidine rings is 1. The second kappa shape index (κ2) is 9.40. The summed E-state index contributed by atoms with van der Waals surface area (Å²) < 4.78 is 5.42. The fourth-order valence-electron chi connectivity index (χ4n) is 3.44. The Morgan fingerprint density at radius 2 is 1.68 bits per heavy atom. The van der Waals surface area contributed by atoms with Crippen molar-refractivity contribution < 1.29 is 14.3 Å². The minimum absolute atomic E-state index is 0.0208. The third-order valence-electron chi connectivity index (χ3n) is 5.04. The lowest BCUT2D eigenvalue weighted by Gasteiger charge is -2.32. The van der Waals surface area contributed by atoms with Gasteiger partial charge in [-0.25, -0.2) is 0 Å². The van der Waals surface area contributed by atoms with Crippen molar-refractivity contribution in [2.45, 2.75) is 39.2 Å². The SMILES string of the molecule is CCOc1ccc(CC(=O)NC2CCN(C(=O)c3ccc(C)cc3)CC2)cc1. The van der Waals surface area contributed by atoms with Crippen molar-refractivity contribution in [1.82, 2.24) is 10.2 Å². The van der Waals surface area contributed by atoms with Crippen molar-refractivity contribution in [3.8, 4) is 5.75 Å². The monoisotopic (exact) mass is 380 g/mol. The van der Waals surface area contributed by atoms with Gasteiger partial charge in [0.25, 0.3) is 5.91 Å². The van der Waals surface area contributed by atoms with Crippen LogP contribution in [-0.4, -0.2) is 42.5 Å². The minimum Gasteiger partial charge on any atom is -0.494 e. The smallest absolute Gasteiger partial charge is 0.253 e. The molecule has 5 heteroatoms. The van der Waals surface area contributed by atoms with E-state index in [2.05, 4.69) is 5.32 Å². The van der Waals surface area contributed by atoms with Crippen LogP contribution < -0.4 is 10.1 Å². The molecule has 1 aliphatic rings. The topological polar surface area (TPSA) is 58.6 Å². The van der Waals surface area contributed by atoms with Gasteiger partial charge >= 0.3 is 0 Å². The Labute approximate surface area is 166 Å². The first-order chi connectivity index (χ1) is 13.5. The van der Waals surface area contributed by atoms with Crippen LogP contribution in [0.1, 0.15) is 41.3 Å². The second-order valence-electron chi connectivity index (χ2n) is 7.25. The summed E-state index contributed by atoms with van der Waals surface area (Å²) in [5.74, 6) is 0.906. The normalized spacial score (nSPS) is 14.6. The van der Waals surface area contributed by atoms with Crippen LogP contribution in [-0.2, 0) is 11.2 Å². The maximum atomic E-state index is 12.6. The number of likely N-dealkylation sites (tertiary alicyclic amines) is 1. The summed E-state index contributed by atoms with van der Waals surface area (Å²) >= 11 is 0. The molecule has 0 saturated carbocycles. The van der Waals surface area contributed by atoms with Crippen LogP contribution in [0.5, 0.6) is 5.75 Å². The zero-order valence-electron chi connectivity index (χ0n) is 16.6. The van der Waals surface area contributed by atoms with Crippen LogP contribution in [0.2, 0.25) is 0 Å². The van der Waals surface area contributed by atoms with Gasteiger partial charge in [0.1, 0.15) is 5.75 Å². The molecule has 1 N–H and O–H groups in total. The van der Waals surface area contributed by atoms with Crippen LogP contribution in [0.3, 0.4) is 0 Å². The van der Waals surface area contributed by atoms with E-state index < -0.39 is 0 Å². The lowest BCUT2D eigenvalue weighted by atomic mass is 10.0. The number of carbonyl (C=O) groups excluding carboxylic acids is 2. The highest BCUT2D eigenvalue weighted by molar-refractivity contribution is 5.94. The number of nitrogens with zero attached hydrogens (tertiary/aromatic N) is 1. The van der Waals surface area contributed by atoms with Crippen molar-refractivity contribution in [3.63, 3.8) is 0 Å². The van der Waals surface area contributed by atoms with Gasteiger partial charge in [0, 0.05) is 24.7 Å². The first kappa shape index (κ1) is 19.9. The largest absolute Gasteiger partial charge is 0.494 e. The Morgan fingerprint density at radius 1 is 1.04 bits per heavy atom. The maximum Gasteiger partial charge on any atom is 0.253 e. The summed E-state index contributed by atoms with van der Waals surface area (Å²) in [5.41, 5.74) is 2.84. The Balaban J connectivity index is 1.45. The van der Waals surface area contributed by atoms with Gasteiger partial charge < -0.3 is 15.0 Å². The number of rotatable bonds is 6. The van der Waals surface area contributed by atoms with Gasteiger partial charge in [-0.3, -0.25) is 9.59 Å². The summed E-state index contributed by atoms with van der Waals surface area (Å²) in [6.07, 6.45) is 1.92. The highest BCUT2D eigenvalue weighted by Gasteiger charge is 2.24. The molecule has 1 aliphatic heterocycles. The molecule has 1 heterocycles. The fourth-order valence-corrected chi connectivity index (χ4v) is 3.44. The van der Waals surface area contributed by atoms with E-state index in [-0.39, 0.29) is 17.9 Å². The first-order valence-electron chi connectivity index (χ1n) is 9.92. The molecule has 148 valence electrons. The highest BCUT2D eigenvalue weighted by atomic mass is 16.5. The van der Waals surface area contributed by atoms with Crippen molar-refractivity contribution in [1.29, 1.82) is 0 Å². The first-order valence-corrected chi connectivity index (χ1v) is 9.92. The molecule has 0 atom stereocenters. The predicted octanol–water partition coefficient (Wildman–Crippen LogP) is 3.36. The lowest BCUT2D eigenvalue weighted by Crippen LogP contribution is -2.46. The minimum atomic E-state index is 0.0208. The van der Waals surface area contributed by atoms with E-state index >= 15 is 0 Å². The van der Waals surface area contributed by atoms with Crippen molar-refractivity contribution in [2.24, 2.45) is 0 Å². The van der Waals surface area contributed by atoms with Crippen LogP contribution in [0, 0.1) is 6.92 Å². The molecule has 0 bridgehead atoms. The van der Waals surface area contributed by atoms with Crippen molar-refractivity contribution >= 4 is 11.8 Å². The number of hydrogen-bond donors (Lipinski definition) is 1. The number of amides is 2. The van der Waals surface area contributed by atoms with Crippen molar-refractivity contribution in [3.05, 3.63) is 65.2 Å². The number of ether oxygens (including phenoxy) is 1. The average Bonchev–Trinajstić information content (AvgIpc) is 2.70. The van der Waals surface area contributed by atoms with E-state index in [1.165, 1.54) is 0 Å². The summed E-state index contributed by atoms with van der Waals surface area (Å²) in [6.45, 7) is 5.92. The molecule has 0 aromatic heterocycles. The number of carbonyl (C=O) groups is 2. The molecule has 2 aromatic rings. The fraction of sp³-hybridized carbons (Fsp3) is 0.391. The molecule has 3 rings (SSSR count). The van der Waals surface area contributed by atoms with Gasteiger partial charge in [0.15, 0.2) is 0 Å². The Kier molecular flexibility index (Phi) is 6.69. The Hall–Kier alpha value is -2.82. The van der Waals surface area contributed by atoms with Gasteiger partial charge in [-0.15, -0.1) is 0 Å². The lowest BCUT2D eigenvalue weighted by molar-refractivity contribution is -0.121. The summed E-state index contributed by atoms with van der Waals surface area (Å²) in [7, 11) is 0. The molecular formula is C23H28N2O3. The van der Waals surface area contributed by atoms with Crippen molar-refractivity contribution in [2.75, 3.05) is 19.7 Å². The van der Waals surface area contributed by atoms with Gasteiger partial charge in [-0.05, 0) is 56.5 Å². The van der Waals surface area contributed by atoms with E-state index in [9.17, 15) is 9.59 Å². The highest BCUT2D eigenvalue weighted by Crippen LogP contribution is 2.16. The number of nitrogens with one attached hydrogen (secondary N) is 1. The zero-order chi connectivity index (χ0) is 19.9. The Morgan fingerprint density at radius 3 is 2.29 bits per heavy atom. The second-order valence-corrected chi connectivity index (χ2v) is 7.25. The number of benzene rings is 2. The number of aryl methyl sites for hydroxylation is 1. The molecule has 0 unspecified atom stereocenters. The molecule has 0 aliphatic carbocycles. The zero-order valence-corrected chi connectivity index (χ0v) is 16.6. The van der Waals surface area contributed by atoms with Gasteiger partial charge in [0.2, 0.25) is 5.91 Å². The molecule has 0 spiro atoms. The summed E-state index contributed by atoms with van der Waals surface area (Å²) in [6, 6.07) is 15.4. The number of hydrogen-bond acceptors (Lipinski definition) is 3. The molecule has 2 aromatic carbocycles. The summed E-state index contributed by atoms with van der Waals surface area (Å²) in [4.78, 5) is 26.8.